The maximum atomic E-state index is 11.6. The zero-order valence-corrected chi connectivity index (χ0v) is 13.8. The number of rotatable bonds is 5. The Morgan fingerprint density at radius 2 is 1.70 bits per heavy atom. The molecule has 20 heavy (non-hydrogen) atoms. The maximum absolute atomic E-state index is 11.6. The van der Waals surface area contributed by atoms with Crippen LogP contribution in [0, 0.1) is 5.41 Å². The summed E-state index contributed by atoms with van der Waals surface area (Å²) in [4.78, 5) is 5.24. The van der Waals surface area contributed by atoms with E-state index in [2.05, 4.69) is 23.6 Å². The molecule has 0 aromatic carbocycles. The number of nitrogens with zero attached hydrogens (tertiary/aromatic N) is 2. The lowest BCUT2D eigenvalue weighted by atomic mass is 10.1. The van der Waals surface area contributed by atoms with E-state index in [1.807, 2.05) is 0 Å². The van der Waals surface area contributed by atoms with Crippen molar-refractivity contribution < 1.29 is 8.42 Å². The van der Waals surface area contributed by atoms with Gasteiger partial charge in [-0.15, -0.1) is 0 Å². The van der Waals surface area contributed by atoms with E-state index in [4.69, 9.17) is 0 Å². The first-order chi connectivity index (χ1) is 9.28. The summed E-state index contributed by atoms with van der Waals surface area (Å²) in [6, 6.07) is 1.95. The van der Waals surface area contributed by atoms with E-state index in [-0.39, 0.29) is 5.41 Å². The Morgan fingerprint density at radius 3 is 2.10 bits per heavy atom. The predicted octanol–water partition coefficient (Wildman–Crippen LogP) is 1.37. The zero-order chi connectivity index (χ0) is 14.5. The van der Waals surface area contributed by atoms with E-state index in [0.717, 1.165) is 19.4 Å². The molecule has 2 unspecified atom stereocenters. The first-order valence-electron chi connectivity index (χ1n) is 7.96. The fourth-order valence-electron chi connectivity index (χ4n) is 4.17. The predicted molar refractivity (Wildman–Crippen MR) is 81.6 cm³/mol. The number of sulfone groups is 1. The van der Waals surface area contributed by atoms with Gasteiger partial charge in [-0.05, 0) is 44.9 Å². The minimum Gasteiger partial charge on any atom is -0.298 e. The molecule has 116 valence electrons. The van der Waals surface area contributed by atoms with Gasteiger partial charge in [-0.2, -0.15) is 0 Å². The number of fused-ring (bicyclic) bond motifs is 2. The van der Waals surface area contributed by atoms with Crippen molar-refractivity contribution in [1.82, 2.24) is 9.80 Å². The van der Waals surface area contributed by atoms with Crippen molar-refractivity contribution in [3.05, 3.63) is 0 Å². The van der Waals surface area contributed by atoms with Crippen LogP contribution in [0.2, 0.25) is 0 Å². The Balaban J connectivity index is 1.65. The SMILES string of the molecule is CC(C)N1CC2CCC(C1)N2CC1(CS(C)(=O)=O)CC1. The standard InChI is InChI=1S/C15H28N2O2S/c1-12(2)16-8-13-4-5-14(9-16)17(13)10-15(6-7-15)11-20(3,18)19/h12-14H,4-11H2,1-3H3. The minimum atomic E-state index is -2.85. The molecule has 3 fully saturated rings. The zero-order valence-electron chi connectivity index (χ0n) is 13.0. The van der Waals surface area contributed by atoms with Gasteiger partial charge in [0.25, 0.3) is 0 Å². The van der Waals surface area contributed by atoms with E-state index in [9.17, 15) is 8.42 Å². The molecule has 2 saturated heterocycles. The average molecular weight is 300 g/mol. The molecular formula is C15H28N2O2S. The third-order valence-electron chi connectivity index (χ3n) is 5.44. The van der Waals surface area contributed by atoms with Crippen molar-refractivity contribution in [3.8, 4) is 0 Å². The molecule has 3 aliphatic rings. The highest BCUT2D eigenvalue weighted by Crippen LogP contribution is 2.49. The second-order valence-electron chi connectivity index (χ2n) is 7.68. The van der Waals surface area contributed by atoms with Gasteiger partial charge in [-0.1, -0.05) is 0 Å². The molecule has 2 atom stereocenters. The summed E-state index contributed by atoms with van der Waals surface area (Å²) in [5.41, 5.74) is 0.0917. The first kappa shape index (κ1) is 14.8. The first-order valence-corrected chi connectivity index (χ1v) is 10.0. The Kier molecular flexibility index (Phi) is 3.67. The molecule has 2 bridgehead atoms. The molecule has 1 aliphatic carbocycles. The van der Waals surface area contributed by atoms with Crippen LogP contribution in [-0.4, -0.2) is 68.0 Å². The van der Waals surface area contributed by atoms with Gasteiger partial charge >= 0.3 is 0 Å². The summed E-state index contributed by atoms with van der Waals surface area (Å²) in [7, 11) is -2.85. The van der Waals surface area contributed by atoms with Gasteiger partial charge in [0.2, 0.25) is 0 Å². The van der Waals surface area contributed by atoms with Crippen LogP contribution in [0.25, 0.3) is 0 Å². The number of likely N-dealkylation sites (tertiary alicyclic amines) is 1. The molecule has 1 saturated carbocycles. The smallest absolute Gasteiger partial charge is 0.148 e. The molecule has 0 amide bonds. The number of hydrogen-bond donors (Lipinski definition) is 0. The topological polar surface area (TPSA) is 40.6 Å². The average Bonchev–Trinajstić information content (AvgIpc) is 3.00. The molecule has 0 aromatic rings. The maximum Gasteiger partial charge on any atom is 0.148 e. The summed E-state index contributed by atoms with van der Waals surface area (Å²) in [6.07, 6.45) is 6.18. The summed E-state index contributed by atoms with van der Waals surface area (Å²) >= 11 is 0. The van der Waals surface area contributed by atoms with Gasteiger partial charge in [0.15, 0.2) is 0 Å². The molecule has 0 aromatic heterocycles. The van der Waals surface area contributed by atoms with Crippen LogP contribution in [0.1, 0.15) is 39.5 Å². The molecular weight excluding hydrogens is 272 g/mol. The van der Waals surface area contributed by atoms with Crippen LogP contribution in [-0.2, 0) is 9.84 Å². The summed E-state index contributed by atoms with van der Waals surface area (Å²) in [5.74, 6) is 0.393. The Hall–Kier alpha value is -0.130. The van der Waals surface area contributed by atoms with Crippen LogP contribution in [0.3, 0.4) is 0 Å². The highest BCUT2D eigenvalue weighted by atomic mass is 32.2. The highest BCUT2D eigenvalue weighted by molar-refractivity contribution is 7.90. The number of piperazine rings is 1. The number of hydrogen-bond acceptors (Lipinski definition) is 4. The molecule has 4 nitrogen and oxygen atoms in total. The Morgan fingerprint density at radius 1 is 1.15 bits per heavy atom. The van der Waals surface area contributed by atoms with E-state index in [1.54, 1.807) is 0 Å². The Labute approximate surface area is 123 Å². The molecule has 3 rings (SSSR count). The lowest BCUT2D eigenvalue weighted by molar-refractivity contribution is 0.0379. The van der Waals surface area contributed by atoms with Crippen LogP contribution in [0.15, 0.2) is 0 Å². The fraction of sp³-hybridized carbons (Fsp3) is 1.00. The van der Waals surface area contributed by atoms with Gasteiger partial charge in [0.05, 0.1) is 5.75 Å². The van der Waals surface area contributed by atoms with E-state index >= 15 is 0 Å². The third kappa shape index (κ3) is 3.04. The van der Waals surface area contributed by atoms with E-state index in [1.165, 1.54) is 32.2 Å². The van der Waals surface area contributed by atoms with Crippen molar-refractivity contribution >= 4 is 9.84 Å². The molecule has 2 heterocycles. The molecule has 5 heteroatoms. The lowest BCUT2D eigenvalue weighted by Gasteiger charge is -2.44. The summed E-state index contributed by atoms with van der Waals surface area (Å²) in [6.45, 7) is 7.91. The highest BCUT2D eigenvalue weighted by Gasteiger charge is 2.50. The third-order valence-corrected chi connectivity index (χ3v) is 6.57. The molecule has 0 N–H and O–H groups in total. The molecule has 0 radical (unpaired) electrons. The fourth-order valence-corrected chi connectivity index (χ4v) is 5.66. The molecule has 0 spiro atoms. The summed E-state index contributed by atoms with van der Waals surface area (Å²) in [5, 5.41) is 0. The quantitative estimate of drug-likeness (QED) is 0.769. The van der Waals surface area contributed by atoms with Gasteiger partial charge in [-0.25, -0.2) is 8.42 Å². The van der Waals surface area contributed by atoms with Crippen molar-refractivity contribution in [2.75, 3.05) is 31.6 Å². The van der Waals surface area contributed by atoms with Gasteiger partial charge in [0.1, 0.15) is 9.84 Å². The van der Waals surface area contributed by atoms with E-state index in [0.29, 0.717) is 23.9 Å². The largest absolute Gasteiger partial charge is 0.298 e. The second kappa shape index (κ2) is 4.96. The minimum absolute atomic E-state index is 0.0917. The van der Waals surface area contributed by atoms with Crippen molar-refractivity contribution in [3.63, 3.8) is 0 Å². The molecule has 2 aliphatic heterocycles. The van der Waals surface area contributed by atoms with Crippen LogP contribution < -0.4 is 0 Å². The lowest BCUT2D eigenvalue weighted by Crippen LogP contribution is -2.56. The van der Waals surface area contributed by atoms with Crippen LogP contribution >= 0.6 is 0 Å². The van der Waals surface area contributed by atoms with Gasteiger partial charge < -0.3 is 0 Å². The normalized spacial score (nSPS) is 33.8. The second-order valence-corrected chi connectivity index (χ2v) is 9.82. The van der Waals surface area contributed by atoms with Crippen molar-refractivity contribution in [2.24, 2.45) is 5.41 Å². The van der Waals surface area contributed by atoms with Crippen LogP contribution in [0.4, 0.5) is 0 Å². The van der Waals surface area contributed by atoms with E-state index < -0.39 is 9.84 Å². The van der Waals surface area contributed by atoms with Crippen LogP contribution in [0.5, 0.6) is 0 Å². The summed E-state index contributed by atoms with van der Waals surface area (Å²) < 4.78 is 23.2. The Bertz CT molecular complexity index is 456. The van der Waals surface area contributed by atoms with Gasteiger partial charge in [0, 0.05) is 44.0 Å². The van der Waals surface area contributed by atoms with Crippen molar-refractivity contribution in [1.29, 1.82) is 0 Å². The van der Waals surface area contributed by atoms with Gasteiger partial charge in [-0.3, -0.25) is 9.80 Å². The van der Waals surface area contributed by atoms with Crippen molar-refractivity contribution in [2.45, 2.75) is 57.7 Å². The monoisotopic (exact) mass is 300 g/mol.